The van der Waals surface area contributed by atoms with Gasteiger partial charge in [-0.2, -0.15) is 9.61 Å². The van der Waals surface area contributed by atoms with Crippen LogP contribution in [0.3, 0.4) is 0 Å². The molecule has 33 heavy (non-hydrogen) atoms. The van der Waals surface area contributed by atoms with E-state index >= 15 is 0 Å². The molecule has 0 radical (unpaired) electrons. The summed E-state index contributed by atoms with van der Waals surface area (Å²) in [6, 6.07) is 15.1. The molecule has 10 heteroatoms. The number of amides is 2. The van der Waals surface area contributed by atoms with Gasteiger partial charge < -0.3 is 15.1 Å². The summed E-state index contributed by atoms with van der Waals surface area (Å²) in [5.74, 6) is 0.0891. The molecule has 1 fully saturated rings. The van der Waals surface area contributed by atoms with Crippen LogP contribution < -0.4 is 15.8 Å². The first kappa shape index (κ1) is 21.1. The molecule has 0 atom stereocenters. The molecule has 4 aromatic rings. The monoisotopic (exact) mass is 464 g/mol. The number of hydrogen-bond donors (Lipinski definition) is 1. The molecule has 5 rings (SSSR count). The average Bonchev–Trinajstić information content (AvgIpc) is 3.25. The van der Waals surface area contributed by atoms with Crippen molar-refractivity contribution in [2.45, 2.75) is 6.92 Å². The van der Waals surface area contributed by atoms with Gasteiger partial charge in [-0.3, -0.25) is 4.79 Å². The minimum absolute atomic E-state index is 0.153. The van der Waals surface area contributed by atoms with Gasteiger partial charge in [-0.15, -0.1) is 0 Å². The smallest absolute Gasteiger partial charge is 0.322 e. The van der Waals surface area contributed by atoms with Crippen LogP contribution in [0.2, 0.25) is 0 Å². The number of fused-ring (bicyclic) bond motifs is 1. The highest BCUT2D eigenvalue weighted by atomic mass is 32.1. The number of rotatable bonds is 3. The molecule has 1 saturated heterocycles. The molecule has 2 aromatic carbocycles. The number of hydrogen-bond acceptors (Lipinski definition) is 6. The van der Waals surface area contributed by atoms with Crippen LogP contribution in [0, 0.1) is 12.7 Å². The van der Waals surface area contributed by atoms with E-state index in [9.17, 15) is 14.0 Å². The van der Waals surface area contributed by atoms with Gasteiger partial charge >= 0.3 is 6.03 Å². The summed E-state index contributed by atoms with van der Waals surface area (Å²) in [6.07, 6.45) is 0. The molecule has 0 unspecified atom stereocenters. The van der Waals surface area contributed by atoms with Crippen molar-refractivity contribution in [2.24, 2.45) is 0 Å². The first-order chi connectivity index (χ1) is 16.0. The number of aromatic nitrogens is 3. The van der Waals surface area contributed by atoms with Gasteiger partial charge in [0.25, 0.3) is 5.56 Å². The van der Waals surface area contributed by atoms with Gasteiger partial charge in [-0.1, -0.05) is 47.7 Å². The topological polar surface area (TPSA) is 82.8 Å². The largest absolute Gasteiger partial charge is 0.353 e. The second kappa shape index (κ2) is 8.62. The summed E-state index contributed by atoms with van der Waals surface area (Å²) in [5, 5.41) is 7.81. The maximum Gasteiger partial charge on any atom is 0.322 e. The zero-order valence-corrected chi connectivity index (χ0v) is 18.7. The fraction of sp³-hybridized carbons (Fsp3) is 0.217. The van der Waals surface area contributed by atoms with Gasteiger partial charge in [-0.05, 0) is 24.6 Å². The van der Waals surface area contributed by atoms with Crippen LogP contribution in [-0.2, 0) is 0 Å². The lowest BCUT2D eigenvalue weighted by molar-refractivity contribution is 0.208. The quantitative estimate of drug-likeness (QED) is 0.501. The number of nitrogens with one attached hydrogen (secondary N) is 1. The predicted molar refractivity (Wildman–Crippen MR) is 127 cm³/mol. The van der Waals surface area contributed by atoms with E-state index in [0.29, 0.717) is 37.0 Å². The van der Waals surface area contributed by atoms with Gasteiger partial charge in [0, 0.05) is 37.8 Å². The Bertz CT molecular complexity index is 1390. The molecule has 0 spiro atoms. The van der Waals surface area contributed by atoms with Crippen molar-refractivity contribution in [3.8, 4) is 10.6 Å². The normalized spacial score (nSPS) is 14.0. The summed E-state index contributed by atoms with van der Waals surface area (Å²) >= 11 is 1.37. The average molecular weight is 465 g/mol. The second-order valence-electron chi connectivity index (χ2n) is 7.75. The maximum atomic E-state index is 13.8. The van der Waals surface area contributed by atoms with E-state index in [4.69, 9.17) is 0 Å². The standard InChI is InChI=1S/C23H21FN6O2S/c1-15-6-2-3-7-16(15)21-27-30-20(31)14-19(26-23(30)33-21)28-10-12-29(13-11-28)22(32)25-18-9-5-4-8-17(18)24/h2-9,14H,10-13H2,1H3,(H,25,32). The van der Waals surface area contributed by atoms with E-state index in [2.05, 4.69) is 15.4 Å². The molecule has 3 heterocycles. The summed E-state index contributed by atoms with van der Waals surface area (Å²) < 4.78 is 15.1. The highest BCUT2D eigenvalue weighted by Gasteiger charge is 2.24. The van der Waals surface area contributed by atoms with Crippen molar-refractivity contribution in [1.29, 1.82) is 0 Å². The van der Waals surface area contributed by atoms with Crippen LogP contribution in [0.4, 0.5) is 20.7 Å². The van der Waals surface area contributed by atoms with Crippen LogP contribution in [-0.4, -0.2) is 51.7 Å². The Balaban J connectivity index is 1.31. The van der Waals surface area contributed by atoms with Crippen LogP contribution >= 0.6 is 11.3 Å². The maximum absolute atomic E-state index is 13.8. The minimum Gasteiger partial charge on any atom is -0.353 e. The molecule has 168 valence electrons. The van der Waals surface area contributed by atoms with Crippen LogP contribution in [0.25, 0.3) is 15.5 Å². The molecular formula is C23H21FN6O2S. The highest BCUT2D eigenvalue weighted by Crippen LogP contribution is 2.27. The Morgan fingerprint density at radius 1 is 1.06 bits per heavy atom. The number of carbonyl (C=O) groups excluding carboxylic acids is 1. The number of para-hydroxylation sites is 1. The molecule has 2 aromatic heterocycles. The molecule has 0 bridgehead atoms. The van der Waals surface area contributed by atoms with Gasteiger partial charge in [0.2, 0.25) is 4.96 Å². The number of anilines is 2. The number of carbonyl (C=O) groups is 1. The molecule has 8 nitrogen and oxygen atoms in total. The lowest BCUT2D eigenvalue weighted by Gasteiger charge is -2.35. The highest BCUT2D eigenvalue weighted by molar-refractivity contribution is 7.19. The SMILES string of the molecule is Cc1ccccc1-c1nn2c(=O)cc(N3CCN(C(=O)Nc4ccccc4F)CC3)nc2s1. The van der Waals surface area contributed by atoms with Gasteiger partial charge in [0.1, 0.15) is 16.6 Å². The van der Waals surface area contributed by atoms with Crippen molar-refractivity contribution in [3.05, 3.63) is 76.3 Å². The molecule has 1 aliphatic rings. The molecule has 1 N–H and O–H groups in total. The summed E-state index contributed by atoms with van der Waals surface area (Å²) in [5.41, 5.74) is 1.96. The molecule has 0 aliphatic carbocycles. The van der Waals surface area contributed by atoms with Crippen LogP contribution in [0.15, 0.2) is 59.4 Å². The van der Waals surface area contributed by atoms with Crippen LogP contribution in [0.5, 0.6) is 0 Å². The zero-order valence-electron chi connectivity index (χ0n) is 17.9. The molecule has 0 saturated carbocycles. The Morgan fingerprint density at radius 3 is 2.55 bits per heavy atom. The van der Waals surface area contributed by atoms with Gasteiger partial charge in [-0.25, -0.2) is 14.2 Å². The number of urea groups is 1. The Labute approximate surface area is 192 Å². The van der Waals surface area contributed by atoms with E-state index in [0.717, 1.165) is 16.1 Å². The minimum atomic E-state index is -0.475. The zero-order chi connectivity index (χ0) is 22.9. The van der Waals surface area contributed by atoms with E-state index in [1.165, 1.54) is 34.1 Å². The third kappa shape index (κ3) is 4.17. The number of nitrogens with zero attached hydrogens (tertiary/aromatic N) is 5. The number of benzene rings is 2. The first-order valence-corrected chi connectivity index (χ1v) is 11.3. The summed E-state index contributed by atoms with van der Waals surface area (Å²) in [7, 11) is 0. The lowest BCUT2D eigenvalue weighted by atomic mass is 10.1. The van der Waals surface area contributed by atoms with Gasteiger partial charge in [0.15, 0.2) is 0 Å². The number of halogens is 1. The second-order valence-corrected chi connectivity index (χ2v) is 8.71. The number of piperazine rings is 1. The molecule has 1 aliphatic heterocycles. The Kier molecular flexibility index (Phi) is 5.51. The third-order valence-corrected chi connectivity index (χ3v) is 6.56. The predicted octanol–water partition coefficient (Wildman–Crippen LogP) is 3.62. The van der Waals surface area contributed by atoms with Crippen molar-refractivity contribution < 1.29 is 9.18 Å². The summed E-state index contributed by atoms with van der Waals surface area (Å²) in [4.78, 5) is 34.0. The van der Waals surface area contributed by atoms with E-state index in [1.54, 1.807) is 17.0 Å². The van der Waals surface area contributed by atoms with Crippen molar-refractivity contribution in [1.82, 2.24) is 19.5 Å². The fourth-order valence-electron chi connectivity index (χ4n) is 3.78. The Hall–Kier alpha value is -3.79. The van der Waals surface area contributed by atoms with Crippen molar-refractivity contribution in [3.63, 3.8) is 0 Å². The van der Waals surface area contributed by atoms with Crippen LogP contribution in [0.1, 0.15) is 5.56 Å². The Morgan fingerprint density at radius 2 is 1.79 bits per heavy atom. The molecule has 2 amide bonds. The van der Waals surface area contributed by atoms with E-state index in [1.807, 2.05) is 36.1 Å². The lowest BCUT2D eigenvalue weighted by Crippen LogP contribution is -2.50. The van der Waals surface area contributed by atoms with Crippen molar-refractivity contribution >= 4 is 33.8 Å². The summed E-state index contributed by atoms with van der Waals surface area (Å²) in [6.45, 7) is 3.88. The van der Waals surface area contributed by atoms with E-state index in [-0.39, 0.29) is 17.3 Å². The van der Waals surface area contributed by atoms with Gasteiger partial charge in [0.05, 0.1) is 5.69 Å². The fourth-order valence-corrected chi connectivity index (χ4v) is 4.77. The molecular weight excluding hydrogens is 443 g/mol. The first-order valence-electron chi connectivity index (χ1n) is 10.5. The van der Waals surface area contributed by atoms with E-state index < -0.39 is 5.82 Å². The number of aryl methyl sites for hydroxylation is 1. The third-order valence-electron chi connectivity index (χ3n) is 5.61. The van der Waals surface area contributed by atoms with Crippen molar-refractivity contribution in [2.75, 3.05) is 36.4 Å².